The molecule has 1 fully saturated rings. The fourth-order valence-electron chi connectivity index (χ4n) is 1.76. The molecule has 1 atom stereocenters. The molecular weight excluding hydrogens is 296 g/mol. The first kappa shape index (κ1) is 13.8. The minimum absolute atomic E-state index is 0.0316. The van der Waals surface area contributed by atoms with Gasteiger partial charge >= 0.3 is 0 Å². The predicted octanol–water partition coefficient (Wildman–Crippen LogP) is 1.35. The van der Waals surface area contributed by atoms with E-state index in [0.717, 1.165) is 11.3 Å². The molecule has 1 amide bonds. The van der Waals surface area contributed by atoms with Crippen molar-refractivity contribution in [2.75, 3.05) is 6.54 Å². The van der Waals surface area contributed by atoms with Crippen LogP contribution in [0.4, 0.5) is 0 Å². The summed E-state index contributed by atoms with van der Waals surface area (Å²) in [6, 6.07) is 2.82. The van der Waals surface area contributed by atoms with Crippen LogP contribution in [0, 0.1) is 0 Å². The Labute approximate surface area is 115 Å². The van der Waals surface area contributed by atoms with Gasteiger partial charge in [-0.2, -0.15) is 0 Å². The molecule has 1 aromatic heterocycles. The third-order valence-electron chi connectivity index (χ3n) is 2.67. The number of amides is 1. The molecule has 2 N–H and O–H groups in total. The molecule has 1 aromatic rings. The smallest absolute Gasteiger partial charge is 0.250 e. The van der Waals surface area contributed by atoms with Crippen LogP contribution in [0.15, 0.2) is 16.3 Å². The van der Waals surface area contributed by atoms with Gasteiger partial charge in [-0.15, -0.1) is 11.3 Å². The molecule has 1 aliphatic heterocycles. The second-order valence-corrected chi connectivity index (χ2v) is 7.71. The SMILES string of the molecule is O=C1CCC(NS(=O)(=O)c2ccc(Cl)s2)CCN1. The summed E-state index contributed by atoms with van der Waals surface area (Å²) in [5.74, 6) is -0.0316. The zero-order chi connectivity index (χ0) is 13.2. The summed E-state index contributed by atoms with van der Waals surface area (Å²) >= 11 is 6.75. The van der Waals surface area contributed by atoms with Gasteiger partial charge in [0.1, 0.15) is 4.21 Å². The van der Waals surface area contributed by atoms with Crippen molar-refractivity contribution in [3.05, 3.63) is 16.5 Å². The van der Waals surface area contributed by atoms with Crippen molar-refractivity contribution in [3.63, 3.8) is 0 Å². The van der Waals surface area contributed by atoms with Crippen molar-refractivity contribution < 1.29 is 13.2 Å². The van der Waals surface area contributed by atoms with E-state index in [4.69, 9.17) is 11.6 Å². The fourth-order valence-corrected chi connectivity index (χ4v) is 4.57. The van der Waals surface area contributed by atoms with Crippen LogP contribution < -0.4 is 10.0 Å². The van der Waals surface area contributed by atoms with Gasteiger partial charge in [-0.1, -0.05) is 11.6 Å². The Balaban J connectivity index is 2.06. The molecule has 1 unspecified atom stereocenters. The van der Waals surface area contributed by atoms with E-state index < -0.39 is 10.0 Å². The van der Waals surface area contributed by atoms with Gasteiger partial charge in [0, 0.05) is 19.0 Å². The number of thiophene rings is 1. The lowest BCUT2D eigenvalue weighted by Crippen LogP contribution is -2.35. The number of rotatable bonds is 3. The average Bonchev–Trinajstić information content (AvgIpc) is 2.63. The van der Waals surface area contributed by atoms with E-state index >= 15 is 0 Å². The molecular formula is C10H13ClN2O3S2. The quantitative estimate of drug-likeness (QED) is 0.885. The monoisotopic (exact) mass is 308 g/mol. The summed E-state index contributed by atoms with van der Waals surface area (Å²) in [4.78, 5) is 11.2. The number of hydrogen-bond acceptors (Lipinski definition) is 4. The molecule has 0 aliphatic carbocycles. The molecule has 0 radical (unpaired) electrons. The third-order valence-corrected chi connectivity index (χ3v) is 5.91. The Bertz CT molecular complexity index is 541. The maximum Gasteiger partial charge on any atom is 0.250 e. The predicted molar refractivity (Wildman–Crippen MR) is 70.3 cm³/mol. The number of carbonyl (C=O) groups is 1. The van der Waals surface area contributed by atoms with Crippen LogP contribution in [0.1, 0.15) is 19.3 Å². The molecule has 2 heterocycles. The molecule has 2 rings (SSSR count). The van der Waals surface area contributed by atoms with E-state index in [1.807, 2.05) is 0 Å². The van der Waals surface area contributed by atoms with Crippen molar-refractivity contribution in [1.82, 2.24) is 10.0 Å². The summed E-state index contributed by atoms with van der Waals surface area (Å²) in [5.41, 5.74) is 0. The maximum atomic E-state index is 12.0. The molecule has 0 aromatic carbocycles. The second kappa shape index (κ2) is 5.56. The number of hydrogen-bond donors (Lipinski definition) is 2. The van der Waals surface area contributed by atoms with E-state index in [1.54, 1.807) is 6.07 Å². The number of nitrogens with one attached hydrogen (secondary N) is 2. The Kier molecular flexibility index (Phi) is 4.26. The highest BCUT2D eigenvalue weighted by Crippen LogP contribution is 2.26. The normalized spacial score (nSPS) is 21.4. The van der Waals surface area contributed by atoms with Crippen molar-refractivity contribution in [2.45, 2.75) is 29.5 Å². The molecule has 8 heteroatoms. The van der Waals surface area contributed by atoms with E-state index in [2.05, 4.69) is 10.0 Å². The maximum absolute atomic E-state index is 12.0. The largest absolute Gasteiger partial charge is 0.356 e. The van der Waals surface area contributed by atoms with E-state index in [1.165, 1.54) is 6.07 Å². The van der Waals surface area contributed by atoms with Gasteiger partial charge in [0.2, 0.25) is 15.9 Å². The van der Waals surface area contributed by atoms with Gasteiger partial charge in [-0.05, 0) is 25.0 Å². The van der Waals surface area contributed by atoms with Gasteiger partial charge in [0.15, 0.2) is 0 Å². The van der Waals surface area contributed by atoms with Crippen LogP contribution in [0.25, 0.3) is 0 Å². The lowest BCUT2D eigenvalue weighted by Gasteiger charge is -2.14. The summed E-state index contributed by atoms with van der Waals surface area (Å²) < 4.78 is 27.3. The Morgan fingerprint density at radius 2 is 2.17 bits per heavy atom. The number of carbonyl (C=O) groups excluding carboxylic acids is 1. The topological polar surface area (TPSA) is 75.3 Å². The van der Waals surface area contributed by atoms with Crippen molar-refractivity contribution in [1.29, 1.82) is 0 Å². The molecule has 18 heavy (non-hydrogen) atoms. The molecule has 0 spiro atoms. The molecule has 0 saturated carbocycles. The molecule has 1 saturated heterocycles. The van der Waals surface area contributed by atoms with Gasteiger partial charge in [-0.3, -0.25) is 4.79 Å². The number of halogens is 1. The minimum Gasteiger partial charge on any atom is -0.356 e. The van der Waals surface area contributed by atoms with Crippen molar-refractivity contribution in [3.8, 4) is 0 Å². The van der Waals surface area contributed by atoms with Crippen LogP contribution in [0.3, 0.4) is 0 Å². The Morgan fingerprint density at radius 1 is 1.39 bits per heavy atom. The van der Waals surface area contributed by atoms with Crippen molar-refractivity contribution in [2.24, 2.45) is 0 Å². The van der Waals surface area contributed by atoms with E-state index in [9.17, 15) is 13.2 Å². The van der Waals surface area contributed by atoms with Crippen LogP contribution >= 0.6 is 22.9 Å². The van der Waals surface area contributed by atoms with Gasteiger partial charge < -0.3 is 5.32 Å². The highest BCUT2D eigenvalue weighted by molar-refractivity contribution is 7.91. The molecule has 5 nitrogen and oxygen atoms in total. The molecule has 1 aliphatic rings. The van der Waals surface area contributed by atoms with Gasteiger partial charge in [0.25, 0.3) is 0 Å². The molecule has 0 bridgehead atoms. The van der Waals surface area contributed by atoms with E-state index in [0.29, 0.717) is 30.1 Å². The Morgan fingerprint density at radius 3 is 2.83 bits per heavy atom. The Hall–Kier alpha value is -0.630. The van der Waals surface area contributed by atoms with E-state index in [-0.39, 0.29) is 16.2 Å². The first-order valence-electron chi connectivity index (χ1n) is 5.52. The lowest BCUT2D eigenvalue weighted by atomic mass is 10.1. The summed E-state index contributed by atoms with van der Waals surface area (Å²) in [7, 11) is -3.53. The summed E-state index contributed by atoms with van der Waals surface area (Å²) in [6.45, 7) is 0.497. The summed E-state index contributed by atoms with van der Waals surface area (Å²) in [5, 5.41) is 2.71. The average molecular weight is 309 g/mol. The lowest BCUT2D eigenvalue weighted by molar-refractivity contribution is -0.120. The van der Waals surface area contributed by atoms with Gasteiger partial charge in [-0.25, -0.2) is 13.1 Å². The number of sulfonamides is 1. The third kappa shape index (κ3) is 3.44. The standard InChI is InChI=1S/C10H13ClN2O3S2/c11-8-2-4-10(17-8)18(15,16)13-7-1-3-9(14)12-6-5-7/h2,4,7,13H,1,3,5-6H2,(H,12,14). The summed E-state index contributed by atoms with van der Waals surface area (Å²) in [6.07, 6.45) is 1.46. The first-order chi connectivity index (χ1) is 8.47. The van der Waals surface area contributed by atoms with Crippen LogP contribution in [0.2, 0.25) is 4.34 Å². The highest BCUT2D eigenvalue weighted by Gasteiger charge is 2.23. The second-order valence-electron chi connectivity index (χ2n) is 4.05. The van der Waals surface area contributed by atoms with Gasteiger partial charge in [0.05, 0.1) is 4.34 Å². The van der Waals surface area contributed by atoms with Crippen molar-refractivity contribution >= 4 is 38.9 Å². The fraction of sp³-hybridized carbons (Fsp3) is 0.500. The van der Waals surface area contributed by atoms with Crippen LogP contribution in [-0.2, 0) is 14.8 Å². The van der Waals surface area contributed by atoms with Crippen LogP contribution in [0.5, 0.6) is 0 Å². The zero-order valence-electron chi connectivity index (χ0n) is 9.48. The molecule has 100 valence electrons. The highest BCUT2D eigenvalue weighted by atomic mass is 35.5. The minimum atomic E-state index is -3.53. The first-order valence-corrected chi connectivity index (χ1v) is 8.19. The van der Waals surface area contributed by atoms with Crippen LogP contribution in [-0.4, -0.2) is 26.9 Å². The zero-order valence-corrected chi connectivity index (χ0v) is 11.9.